The van der Waals surface area contributed by atoms with Crippen LogP contribution in [0, 0.1) is 11.3 Å². The minimum absolute atomic E-state index is 0. The molecule has 3 unspecified atom stereocenters. The van der Waals surface area contributed by atoms with E-state index in [1.54, 1.807) is 0 Å². The van der Waals surface area contributed by atoms with E-state index in [0.717, 1.165) is 32.1 Å². The van der Waals surface area contributed by atoms with Gasteiger partial charge in [0.05, 0.1) is 12.6 Å². The molecule has 25 heavy (non-hydrogen) atoms. The minimum Gasteiger partial charge on any atom is -0.377 e. The second kappa shape index (κ2) is 8.13. The van der Waals surface area contributed by atoms with E-state index in [1.807, 2.05) is 11.3 Å². The van der Waals surface area contributed by atoms with Crippen LogP contribution in [0.1, 0.15) is 45.9 Å². The number of nitrogens with one attached hydrogen (secondary N) is 2. The Hall–Kier alpha value is -0.340. The third-order valence-electron chi connectivity index (χ3n) is 5.56. The summed E-state index contributed by atoms with van der Waals surface area (Å²) in [7, 11) is 0. The van der Waals surface area contributed by atoms with Crippen LogP contribution in [0.4, 0.5) is 0 Å². The van der Waals surface area contributed by atoms with Gasteiger partial charge in [-0.15, -0.1) is 35.3 Å². The van der Waals surface area contributed by atoms with Crippen LogP contribution in [0.15, 0.2) is 22.5 Å². The third-order valence-corrected chi connectivity index (χ3v) is 6.79. The van der Waals surface area contributed by atoms with Crippen LogP contribution in [-0.2, 0) is 10.2 Å². The Kier molecular flexibility index (Phi) is 6.82. The SMILES string of the molecule is CCNC(=NCC(C)(C)c1cccs1)NC1C2CCOC2C1(C)C.I. The Balaban J connectivity index is 0.00000225. The number of halogens is 1. The van der Waals surface area contributed by atoms with Crippen molar-refractivity contribution in [2.45, 2.75) is 58.6 Å². The van der Waals surface area contributed by atoms with Crippen molar-refractivity contribution >= 4 is 41.3 Å². The van der Waals surface area contributed by atoms with E-state index < -0.39 is 0 Å². The van der Waals surface area contributed by atoms with Crippen LogP contribution in [-0.4, -0.2) is 37.8 Å². The summed E-state index contributed by atoms with van der Waals surface area (Å²) in [4.78, 5) is 6.29. The largest absolute Gasteiger partial charge is 0.377 e. The van der Waals surface area contributed by atoms with E-state index in [0.29, 0.717) is 18.1 Å². The van der Waals surface area contributed by atoms with Crippen molar-refractivity contribution in [3.05, 3.63) is 22.4 Å². The Morgan fingerprint density at radius 2 is 2.20 bits per heavy atom. The molecule has 2 aliphatic rings. The summed E-state index contributed by atoms with van der Waals surface area (Å²) >= 11 is 1.81. The smallest absolute Gasteiger partial charge is 0.191 e. The molecule has 1 aromatic rings. The lowest BCUT2D eigenvalue weighted by Crippen LogP contribution is -2.68. The summed E-state index contributed by atoms with van der Waals surface area (Å²) in [6.07, 6.45) is 1.56. The van der Waals surface area contributed by atoms with Crippen molar-refractivity contribution in [2.75, 3.05) is 19.7 Å². The van der Waals surface area contributed by atoms with Crippen LogP contribution in [0.25, 0.3) is 0 Å². The molecule has 2 fully saturated rings. The van der Waals surface area contributed by atoms with Gasteiger partial charge in [-0.2, -0.15) is 0 Å². The molecule has 2 heterocycles. The molecule has 0 aromatic carbocycles. The first-order valence-electron chi connectivity index (χ1n) is 9.06. The van der Waals surface area contributed by atoms with Crippen LogP contribution >= 0.6 is 35.3 Å². The number of hydrogen-bond acceptors (Lipinski definition) is 3. The van der Waals surface area contributed by atoms with E-state index in [1.165, 1.54) is 4.88 Å². The maximum Gasteiger partial charge on any atom is 0.191 e. The summed E-state index contributed by atoms with van der Waals surface area (Å²) in [5.74, 6) is 1.56. The van der Waals surface area contributed by atoms with Crippen LogP contribution < -0.4 is 10.6 Å². The van der Waals surface area contributed by atoms with E-state index >= 15 is 0 Å². The van der Waals surface area contributed by atoms with Gasteiger partial charge in [-0.05, 0) is 24.8 Å². The maximum atomic E-state index is 5.90. The highest BCUT2D eigenvalue weighted by atomic mass is 127. The highest BCUT2D eigenvalue weighted by Crippen LogP contribution is 2.52. The molecule has 4 nitrogen and oxygen atoms in total. The van der Waals surface area contributed by atoms with E-state index in [4.69, 9.17) is 9.73 Å². The first-order valence-corrected chi connectivity index (χ1v) is 9.94. The van der Waals surface area contributed by atoms with E-state index in [-0.39, 0.29) is 34.8 Å². The van der Waals surface area contributed by atoms with Crippen LogP contribution in [0.3, 0.4) is 0 Å². The first-order chi connectivity index (χ1) is 11.4. The Morgan fingerprint density at radius 1 is 1.44 bits per heavy atom. The van der Waals surface area contributed by atoms with Crippen LogP contribution in [0.5, 0.6) is 0 Å². The third kappa shape index (κ3) is 4.16. The molecule has 6 heteroatoms. The molecule has 0 bridgehead atoms. The molecule has 1 aromatic heterocycles. The van der Waals surface area contributed by atoms with E-state index in [2.05, 4.69) is 62.8 Å². The van der Waals surface area contributed by atoms with Crippen molar-refractivity contribution in [3.8, 4) is 0 Å². The van der Waals surface area contributed by atoms with Gasteiger partial charge in [-0.1, -0.05) is 33.8 Å². The van der Waals surface area contributed by atoms with Crippen LogP contribution in [0.2, 0.25) is 0 Å². The molecule has 1 aliphatic heterocycles. The second-order valence-corrected chi connectivity index (χ2v) is 9.19. The number of ether oxygens (including phenoxy) is 1. The van der Waals surface area contributed by atoms with Gasteiger partial charge >= 0.3 is 0 Å². The summed E-state index contributed by atoms with van der Waals surface area (Å²) < 4.78 is 5.90. The molecule has 0 amide bonds. The fourth-order valence-corrected chi connectivity index (χ4v) is 4.95. The molecule has 142 valence electrons. The zero-order valence-electron chi connectivity index (χ0n) is 16.0. The number of thiophene rings is 1. The monoisotopic (exact) mass is 477 g/mol. The fourth-order valence-electron chi connectivity index (χ4n) is 4.10. The van der Waals surface area contributed by atoms with Gasteiger partial charge in [-0.3, -0.25) is 4.99 Å². The molecular weight excluding hydrogens is 445 g/mol. The molecule has 1 saturated carbocycles. The lowest BCUT2D eigenvalue weighted by molar-refractivity contribution is -0.106. The summed E-state index contributed by atoms with van der Waals surface area (Å²) in [6, 6.07) is 4.76. The average molecular weight is 477 g/mol. The van der Waals surface area contributed by atoms with Gasteiger partial charge in [0.15, 0.2) is 5.96 Å². The fraction of sp³-hybridized carbons (Fsp3) is 0.737. The van der Waals surface area contributed by atoms with Crippen molar-refractivity contribution in [1.29, 1.82) is 0 Å². The van der Waals surface area contributed by atoms with Crippen molar-refractivity contribution in [2.24, 2.45) is 16.3 Å². The van der Waals surface area contributed by atoms with Gasteiger partial charge in [0.1, 0.15) is 0 Å². The predicted octanol–water partition coefficient (Wildman–Crippen LogP) is 4.01. The molecule has 2 N–H and O–H groups in total. The molecule has 1 saturated heterocycles. The summed E-state index contributed by atoms with van der Waals surface area (Å²) in [5, 5.41) is 9.26. The maximum absolute atomic E-state index is 5.90. The van der Waals surface area contributed by atoms with Crippen molar-refractivity contribution in [3.63, 3.8) is 0 Å². The van der Waals surface area contributed by atoms with E-state index in [9.17, 15) is 0 Å². The second-order valence-electron chi connectivity index (χ2n) is 8.24. The van der Waals surface area contributed by atoms with Gasteiger partial charge in [0.25, 0.3) is 0 Å². The zero-order chi connectivity index (χ0) is 17.4. The molecular formula is C19H32IN3OS. The van der Waals surface area contributed by atoms with Gasteiger partial charge in [0, 0.05) is 40.8 Å². The Morgan fingerprint density at radius 3 is 2.84 bits per heavy atom. The normalized spacial score (nSPS) is 27.9. The van der Waals surface area contributed by atoms with Gasteiger partial charge < -0.3 is 15.4 Å². The molecule has 3 atom stereocenters. The quantitative estimate of drug-likeness (QED) is 0.383. The number of fused-ring (bicyclic) bond motifs is 1. The number of aliphatic imine (C=N–C) groups is 1. The first kappa shape index (κ1) is 21.0. The molecule has 0 spiro atoms. The highest BCUT2D eigenvalue weighted by Gasteiger charge is 2.59. The predicted molar refractivity (Wildman–Crippen MR) is 117 cm³/mol. The lowest BCUT2D eigenvalue weighted by atomic mass is 9.57. The lowest BCUT2D eigenvalue weighted by Gasteiger charge is -2.55. The number of nitrogens with zero attached hydrogens (tertiary/aromatic N) is 1. The highest BCUT2D eigenvalue weighted by molar-refractivity contribution is 14.0. The topological polar surface area (TPSA) is 45.7 Å². The zero-order valence-corrected chi connectivity index (χ0v) is 19.1. The van der Waals surface area contributed by atoms with Crippen molar-refractivity contribution in [1.82, 2.24) is 10.6 Å². The van der Waals surface area contributed by atoms with Gasteiger partial charge in [0.2, 0.25) is 0 Å². The summed E-state index contributed by atoms with van der Waals surface area (Å²) in [6.45, 7) is 13.8. The number of hydrogen-bond donors (Lipinski definition) is 2. The number of rotatable bonds is 5. The standard InChI is InChI=1S/C19H31N3OS.HI/c1-6-20-17(21-12-18(2,3)14-8-7-11-24-14)22-15-13-9-10-23-16(13)19(15,4)5;/h7-8,11,13,15-16H,6,9-10,12H2,1-5H3,(H2,20,21,22);1H. The molecule has 0 radical (unpaired) electrons. The molecule has 1 aliphatic carbocycles. The van der Waals surface area contributed by atoms with Crippen molar-refractivity contribution < 1.29 is 4.74 Å². The van der Waals surface area contributed by atoms with Gasteiger partial charge in [-0.25, -0.2) is 0 Å². The summed E-state index contributed by atoms with van der Waals surface area (Å²) in [5.41, 5.74) is 0.227. The minimum atomic E-state index is 0. The Labute approximate surface area is 173 Å². The molecule has 3 rings (SSSR count). The number of guanidine groups is 1. The Bertz CT molecular complexity index is 585. The average Bonchev–Trinajstić information content (AvgIpc) is 3.19.